The van der Waals surface area contributed by atoms with Gasteiger partial charge in [0.25, 0.3) is 5.91 Å². The zero-order valence-electron chi connectivity index (χ0n) is 18.3. The van der Waals surface area contributed by atoms with E-state index in [9.17, 15) is 4.79 Å². The molecule has 0 saturated carbocycles. The predicted octanol–water partition coefficient (Wildman–Crippen LogP) is 7.85. The van der Waals surface area contributed by atoms with Crippen molar-refractivity contribution in [3.8, 4) is 0 Å². The first-order chi connectivity index (χ1) is 16.6. The Morgan fingerprint density at radius 2 is 1.62 bits per heavy atom. The molecule has 0 bridgehead atoms. The Balaban J connectivity index is 1.56. The van der Waals surface area contributed by atoms with Gasteiger partial charge in [0, 0.05) is 10.1 Å². The number of nitrogens with zero attached hydrogens (tertiary/aromatic N) is 2. The molecule has 1 amide bonds. The van der Waals surface area contributed by atoms with Crippen molar-refractivity contribution in [2.24, 2.45) is 4.99 Å². The molecular weight excluding hydrogens is 460 g/mol. The number of carbonyl (C=O) groups excluding carboxylic acids is 1. The number of thiophene rings is 1. The van der Waals surface area contributed by atoms with Crippen molar-refractivity contribution < 1.29 is 4.79 Å². The lowest BCUT2D eigenvalue weighted by Crippen LogP contribution is -2.32. The van der Waals surface area contributed by atoms with E-state index in [1.54, 1.807) is 16.2 Å². The molecule has 3 nitrogen and oxygen atoms in total. The van der Waals surface area contributed by atoms with E-state index < -0.39 is 0 Å². The number of aryl methyl sites for hydroxylation is 1. The Bertz CT molecular complexity index is 1660. The van der Waals surface area contributed by atoms with Gasteiger partial charge in [-0.05, 0) is 53.1 Å². The van der Waals surface area contributed by atoms with Gasteiger partial charge in [-0.2, -0.15) is 0 Å². The lowest BCUT2D eigenvalue weighted by atomic mass is 10.0. The van der Waals surface area contributed by atoms with E-state index in [0.717, 1.165) is 42.6 Å². The summed E-state index contributed by atoms with van der Waals surface area (Å²) < 4.78 is 1.06. The first-order valence-corrected chi connectivity index (χ1v) is 12.2. The van der Waals surface area contributed by atoms with Gasteiger partial charge < -0.3 is 0 Å². The monoisotopic (exact) mass is 478 g/mol. The molecule has 0 fully saturated rings. The summed E-state index contributed by atoms with van der Waals surface area (Å²) in [5.74, 6) is 0.398. The molecule has 5 aromatic rings. The van der Waals surface area contributed by atoms with E-state index in [-0.39, 0.29) is 5.91 Å². The van der Waals surface area contributed by atoms with Crippen LogP contribution in [0.4, 0.5) is 5.69 Å². The Morgan fingerprint density at radius 1 is 0.882 bits per heavy atom. The SMILES string of the molecule is Cc1cccc(N2C(=O)/C(=C\c3cccc4ccccc34)N=C2c2sc3ccccc3c2Cl)c1. The molecule has 34 heavy (non-hydrogen) atoms. The summed E-state index contributed by atoms with van der Waals surface area (Å²) in [4.78, 5) is 21.1. The van der Waals surface area contributed by atoms with Gasteiger partial charge in [0.05, 0.1) is 15.6 Å². The molecule has 0 unspecified atom stereocenters. The van der Waals surface area contributed by atoms with Crippen LogP contribution in [0.1, 0.15) is 16.0 Å². The topological polar surface area (TPSA) is 32.7 Å². The normalized spacial score (nSPS) is 15.0. The molecule has 0 spiro atoms. The van der Waals surface area contributed by atoms with Gasteiger partial charge in [0.1, 0.15) is 5.70 Å². The van der Waals surface area contributed by atoms with Crippen molar-refractivity contribution in [2.75, 3.05) is 4.90 Å². The number of fused-ring (bicyclic) bond motifs is 2. The van der Waals surface area contributed by atoms with Crippen molar-refractivity contribution >= 4 is 67.3 Å². The Morgan fingerprint density at radius 3 is 2.44 bits per heavy atom. The van der Waals surface area contributed by atoms with Gasteiger partial charge in [-0.1, -0.05) is 84.4 Å². The van der Waals surface area contributed by atoms with Gasteiger partial charge in [-0.25, -0.2) is 4.99 Å². The highest BCUT2D eigenvalue weighted by atomic mass is 35.5. The number of amidine groups is 1. The zero-order valence-corrected chi connectivity index (χ0v) is 19.9. The number of rotatable bonds is 3. The second-order valence-corrected chi connectivity index (χ2v) is 9.68. The Hall–Kier alpha value is -3.73. The van der Waals surface area contributed by atoms with Gasteiger partial charge >= 0.3 is 0 Å². The standard InChI is InChI=1S/C29H19ClN2OS/c1-18-8-6-12-21(16-18)32-28(27-26(30)23-14-4-5-15-25(23)34-27)31-24(29(32)33)17-20-11-7-10-19-9-2-3-13-22(19)20/h2-17H,1H3/b24-17+. The van der Waals surface area contributed by atoms with E-state index >= 15 is 0 Å². The van der Waals surface area contributed by atoms with Crippen molar-refractivity contribution in [1.29, 1.82) is 0 Å². The van der Waals surface area contributed by atoms with E-state index in [1.807, 2.05) is 85.8 Å². The number of halogens is 1. The summed E-state index contributed by atoms with van der Waals surface area (Å²) in [6.07, 6.45) is 1.88. The molecule has 0 saturated heterocycles. The number of anilines is 1. The fourth-order valence-corrected chi connectivity index (χ4v) is 5.85. The summed E-state index contributed by atoms with van der Waals surface area (Å²) >= 11 is 8.38. The minimum atomic E-state index is -0.165. The van der Waals surface area contributed by atoms with Crippen molar-refractivity contribution in [3.63, 3.8) is 0 Å². The third-order valence-electron chi connectivity index (χ3n) is 5.97. The fraction of sp³-hybridized carbons (Fsp3) is 0.0345. The van der Waals surface area contributed by atoms with Crippen LogP contribution in [0.25, 0.3) is 26.9 Å². The predicted molar refractivity (Wildman–Crippen MR) is 144 cm³/mol. The average molecular weight is 479 g/mol. The summed E-state index contributed by atoms with van der Waals surface area (Å²) in [7, 11) is 0. The van der Waals surface area contributed by atoms with E-state index in [4.69, 9.17) is 16.6 Å². The molecule has 1 aromatic heterocycles. The molecule has 2 heterocycles. The molecule has 0 radical (unpaired) electrons. The maximum absolute atomic E-state index is 13.8. The molecule has 6 rings (SSSR count). The Kier molecular flexibility index (Phi) is 5.05. The van der Waals surface area contributed by atoms with E-state index in [1.165, 1.54) is 0 Å². The molecule has 164 valence electrons. The number of amides is 1. The summed E-state index contributed by atoms with van der Waals surface area (Å²) in [5.41, 5.74) is 3.19. The molecular formula is C29H19ClN2OS. The van der Waals surface area contributed by atoms with Crippen LogP contribution in [0, 0.1) is 6.92 Å². The largest absolute Gasteiger partial charge is 0.282 e. The van der Waals surface area contributed by atoms with Crippen LogP contribution in [0.15, 0.2) is 102 Å². The highest BCUT2D eigenvalue weighted by Crippen LogP contribution is 2.39. The second kappa shape index (κ2) is 8.24. The van der Waals surface area contributed by atoms with Crippen molar-refractivity contribution in [3.05, 3.63) is 118 Å². The number of hydrogen-bond donors (Lipinski definition) is 0. The van der Waals surface area contributed by atoms with Crippen LogP contribution in [0.2, 0.25) is 5.02 Å². The number of hydrogen-bond acceptors (Lipinski definition) is 3. The summed E-state index contributed by atoms with van der Waals surface area (Å²) in [6.45, 7) is 2.01. The number of carbonyl (C=O) groups is 1. The first kappa shape index (κ1) is 20.8. The van der Waals surface area contributed by atoms with E-state index in [0.29, 0.717) is 16.6 Å². The molecule has 5 heteroatoms. The lowest BCUT2D eigenvalue weighted by Gasteiger charge is -2.18. The smallest absolute Gasteiger partial charge is 0.266 e. The second-order valence-electron chi connectivity index (χ2n) is 8.25. The lowest BCUT2D eigenvalue weighted by molar-refractivity contribution is -0.113. The van der Waals surface area contributed by atoms with Gasteiger partial charge in [0.15, 0.2) is 5.84 Å². The third kappa shape index (κ3) is 3.43. The van der Waals surface area contributed by atoms with Gasteiger partial charge in [-0.15, -0.1) is 11.3 Å². The van der Waals surface area contributed by atoms with Crippen LogP contribution >= 0.6 is 22.9 Å². The minimum Gasteiger partial charge on any atom is -0.266 e. The van der Waals surface area contributed by atoms with Crippen LogP contribution in [0.3, 0.4) is 0 Å². The molecule has 1 aliphatic rings. The molecule has 0 aliphatic carbocycles. The van der Waals surface area contributed by atoms with E-state index in [2.05, 4.69) is 18.2 Å². The highest BCUT2D eigenvalue weighted by molar-refractivity contribution is 7.21. The van der Waals surface area contributed by atoms with Crippen LogP contribution in [0.5, 0.6) is 0 Å². The van der Waals surface area contributed by atoms with Crippen molar-refractivity contribution in [1.82, 2.24) is 0 Å². The maximum Gasteiger partial charge on any atom is 0.282 e. The van der Waals surface area contributed by atoms with Crippen LogP contribution in [-0.4, -0.2) is 11.7 Å². The average Bonchev–Trinajstić information content (AvgIpc) is 3.36. The summed E-state index contributed by atoms with van der Waals surface area (Å²) in [6, 6.07) is 30.1. The molecule has 0 N–H and O–H groups in total. The third-order valence-corrected chi connectivity index (χ3v) is 7.65. The fourth-order valence-electron chi connectivity index (χ4n) is 4.36. The van der Waals surface area contributed by atoms with Crippen molar-refractivity contribution in [2.45, 2.75) is 6.92 Å². The molecule has 0 atom stereocenters. The first-order valence-electron chi connectivity index (χ1n) is 11.0. The zero-order chi connectivity index (χ0) is 23.2. The summed E-state index contributed by atoms with van der Waals surface area (Å²) in [5, 5.41) is 3.79. The quantitative estimate of drug-likeness (QED) is 0.243. The number of benzene rings is 4. The Labute approximate surface area is 206 Å². The maximum atomic E-state index is 13.8. The van der Waals surface area contributed by atoms with Gasteiger partial charge in [-0.3, -0.25) is 9.69 Å². The highest BCUT2D eigenvalue weighted by Gasteiger charge is 2.35. The van der Waals surface area contributed by atoms with Crippen LogP contribution < -0.4 is 4.90 Å². The minimum absolute atomic E-state index is 0.165. The van der Waals surface area contributed by atoms with Gasteiger partial charge in [0.2, 0.25) is 0 Å². The van der Waals surface area contributed by atoms with Crippen LogP contribution in [-0.2, 0) is 4.79 Å². The number of aliphatic imine (C=N–C) groups is 1. The molecule has 1 aliphatic heterocycles. The molecule has 4 aromatic carbocycles.